The van der Waals surface area contributed by atoms with E-state index in [1.165, 1.54) is 6.92 Å². The van der Waals surface area contributed by atoms with Crippen molar-refractivity contribution in [2.75, 3.05) is 5.32 Å². The Bertz CT molecular complexity index is 644. The molecule has 0 saturated carbocycles. The molecular formula is C15H15ClN2O2. The zero-order chi connectivity index (χ0) is 14.7. The van der Waals surface area contributed by atoms with Crippen molar-refractivity contribution in [2.24, 2.45) is 0 Å². The first kappa shape index (κ1) is 14.3. The van der Waals surface area contributed by atoms with Gasteiger partial charge in [-0.2, -0.15) is 0 Å². The Balaban J connectivity index is 2.05. The SMILES string of the molecule is CC(=O)c1ccn(CC(=O)Nc2ccc(Cl)cc2)c1C. The highest BCUT2D eigenvalue weighted by molar-refractivity contribution is 6.30. The van der Waals surface area contributed by atoms with Crippen LogP contribution in [0.2, 0.25) is 5.02 Å². The number of nitrogens with zero attached hydrogens (tertiary/aromatic N) is 1. The minimum atomic E-state index is -0.152. The Kier molecular flexibility index (Phi) is 4.25. The third-order valence-corrected chi connectivity index (χ3v) is 3.31. The zero-order valence-electron chi connectivity index (χ0n) is 11.3. The van der Waals surface area contributed by atoms with Gasteiger partial charge in [0.2, 0.25) is 5.91 Å². The van der Waals surface area contributed by atoms with E-state index in [2.05, 4.69) is 5.32 Å². The van der Waals surface area contributed by atoms with Crippen LogP contribution in [0.5, 0.6) is 0 Å². The molecule has 0 bridgehead atoms. The summed E-state index contributed by atoms with van der Waals surface area (Å²) in [7, 11) is 0. The fraction of sp³-hybridized carbons (Fsp3) is 0.200. The molecule has 20 heavy (non-hydrogen) atoms. The van der Waals surface area contributed by atoms with Crippen LogP contribution >= 0.6 is 11.6 Å². The normalized spacial score (nSPS) is 10.3. The maximum Gasteiger partial charge on any atom is 0.244 e. The predicted octanol–water partition coefficient (Wildman–Crippen LogP) is 3.29. The fourth-order valence-corrected chi connectivity index (χ4v) is 2.11. The number of benzene rings is 1. The molecule has 1 N–H and O–H groups in total. The third kappa shape index (κ3) is 3.27. The number of nitrogens with one attached hydrogen (secondary N) is 1. The second-order valence-electron chi connectivity index (χ2n) is 4.55. The lowest BCUT2D eigenvalue weighted by atomic mass is 10.2. The molecule has 4 nitrogen and oxygen atoms in total. The van der Waals surface area contributed by atoms with Gasteiger partial charge in [-0.25, -0.2) is 0 Å². The molecule has 1 aromatic heterocycles. The van der Waals surface area contributed by atoms with Crippen molar-refractivity contribution in [3.05, 3.63) is 52.8 Å². The highest BCUT2D eigenvalue weighted by Gasteiger charge is 2.11. The van der Waals surface area contributed by atoms with E-state index in [1.807, 2.05) is 6.92 Å². The van der Waals surface area contributed by atoms with Crippen LogP contribution in [-0.4, -0.2) is 16.3 Å². The molecule has 0 radical (unpaired) electrons. The Morgan fingerprint density at radius 3 is 2.40 bits per heavy atom. The third-order valence-electron chi connectivity index (χ3n) is 3.06. The molecule has 1 amide bonds. The number of hydrogen-bond acceptors (Lipinski definition) is 2. The van der Waals surface area contributed by atoms with Crippen molar-refractivity contribution in [1.82, 2.24) is 4.57 Å². The second kappa shape index (κ2) is 5.92. The number of hydrogen-bond donors (Lipinski definition) is 1. The van der Waals surface area contributed by atoms with Crippen LogP contribution in [0.15, 0.2) is 36.5 Å². The van der Waals surface area contributed by atoms with Crippen LogP contribution in [0.3, 0.4) is 0 Å². The van der Waals surface area contributed by atoms with Crippen molar-refractivity contribution in [3.8, 4) is 0 Å². The summed E-state index contributed by atoms with van der Waals surface area (Å²) in [6, 6.07) is 8.64. The summed E-state index contributed by atoms with van der Waals surface area (Å²) >= 11 is 5.78. The molecule has 1 aromatic carbocycles. The molecule has 0 aliphatic rings. The van der Waals surface area contributed by atoms with Crippen molar-refractivity contribution in [1.29, 1.82) is 0 Å². The minimum Gasteiger partial charge on any atom is -0.342 e. The van der Waals surface area contributed by atoms with Gasteiger partial charge in [0.25, 0.3) is 0 Å². The number of rotatable bonds is 4. The summed E-state index contributed by atoms with van der Waals surface area (Å²) in [6.45, 7) is 3.51. The summed E-state index contributed by atoms with van der Waals surface area (Å²) in [4.78, 5) is 23.3. The fourth-order valence-electron chi connectivity index (χ4n) is 1.98. The van der Waals surface area contributed by atoms with Gasteiger partial charge < -0.3 is 9.88 Å². The number of amides is 1. The van der Waals surface area contributed by atoms with Gasteiger partial charge in [0.1, 0.15) is 6.54 Å². The molecule has 0 unspecified atom stereocenters. The smallest absolute Gasteiger partial charge is 0.244 e. The summed E-state index contributed by atoms with van der Waals surface area (Å²) < 4.78 is 1.75. The highest BCUT2D eigenvalue weighted by Crippen LogP contribution is 2.14. The van der Waals surface area contributed by atoms with Gasteiger partial charge >= 0.3 is 0 Å². The molecule has 0 fully saturated rings. The summed E-state index contributed by atoms with van der Waals surface area (Å²) in [5.41, 5.74) is 2.13. The molecule has 5 heteroatoms. The van der Waals surface area contributed by atoms with Gasteiger partial charge in [-0.05, 0) is 44.2 Å². The Morgan fingerprint density at radius 1 is 1.20 bits per heavy atom. The highest BCUT2D eigenvalue weighted by atomic mass is 35.5. The quantitative estimate of drug-likeness (QED) is 0.879. The van der Waals surface area contributed by atoms with Gasteiger partial charge in [0.15, 0.2) is 5.78 Å². The number of carbonyl (C=O) groups is 2. The monoisotopic (exact) mass is 290 g/mol. The van der Waals surface area contributed by atoms with Gasteiger partial charge in [0, 0.05) is 28.2 Å². The van der Waals surface area contributed by atoms with Crippen LogP contribution in [0, 0.1) is 6.92 Å². The van der Waals surface area contributed by atoms with E-state index < -0.39 is 0 Å². The Morgan fingerprint density at radius 2 is 1.85 bits per heavy atom. The largest absolute Gasteiger partial charge is 0.342 e. The zero-order valence-corrected chi connectivity index (χ0v) is 12.1. The minimum absolute atomic E-state index is 0.000593. The van der Waals surface area contributed by atoms with E-state index in [1.54, 1.807) is 41.1 Å². The van der Waals surface area contributed by atoms with Crippen molar-refractivity contribution in [3.63, 3.8) is 0 Å². The Hall–Kier alpha value is -2.07. The molecule has 2 aromatic rings. The van der Waals surface area contributed by atoms with E-state index in [0.717, 1.165) is 5.69 Å². The van der Waals surface area contributed by atoms with Crippen LogP contribution in [0.4, 0.5) is 5.69 Å². The average molecular weight is 291 g/mol. The van der Waals surface area contributed by atoms with Gasteiger partial charge in [0.05, 0.1) is 0 Å². The lowest BCUT2D eigenvalue weighted by molar-refractivity contribution is -0.116. The van der Waals surface area contributed by atoms with Gasteiger partial charge in [-0.15, -0.1) is 0 Å². The summed E-state index contributed by atoms with van der Waals surface area (Å²) in [5, 5.41) is 3.40. The number of halogens is 1. The van der Waals surface area contributed by atoms with Crippen molar-refractivity contribution in [2.45, 2.75) is 20.4 Å². The van der Waals surface area contributed by atoms with Crippen LogP contribution in [0.25, 0.3) is 0 Å². The number of aromatic nitrogens is 1. The number of Topliss-reactive ketones (excluding diaryl/α,β-unsaturated/α-hetero) is 1. The number of anilines is 1. The molecule has 0 aliphatic carbocycles. The van der Waals surface area contributed by atoms with Crippen molar-refractivity contribution >= 4 is 29.0 Å². The average Bonchev–Trinajstić information content (AvgIpc) is 2.74. The first-order valence-electron chi connectivity index (χ1n) is 6.19. The second-order valence-corrected chi connectivity index (χ2v) is 4.99. The van der Waals surface area contributed by atoms with E-state index in [-0.39, 0.29) is 18.2 Å². The van der Waals surface area contributed by atoms with Crippen molar-refractivity contribution < 1.29 is 9.59 Å². The van der Waals surface area contributed by atoms with Gasteiger partial charge in [-0.3, -0.25) is 9.59 Å². The summed E-state index contributed by atoms with van der Waals surface area (Å²) in [5.74, 6) is -0.152. The van der Waals surface area contributed by atoms with Gasteiger partial charge in [-0.1, -0.05) is 11.6 Å². The molecular weight excluding hydrogens is 276 g/mol. The topological polar surface area (TPSA) is 51.1 Å². The number of ketones is 1. The first-order valence-corrected chi connectivity index (χ1v) is 6.57. The molecule has 104 valence electrons. The molecule has 0 aliphatic heterocycles. The van der Waals surface area contributed by atoms with Crippen LogP contribution < -0.4 is 5.32 Å². The van der Waals surface area contributed by atoms with E-state index >= 15 is 0 Å². The molecule has 2 rings (SSSR count). The lowest BCUT2D eigenvalue weighted by Gasteiger charge is -2.08. The van der Waals surface area contributed by atoms with E-state index in [0.29, 0.717) is 16.3 Å². The lowest BCUT2D eigenvalue weighted by Crippen LogP contribution is -2.19. The standard InChI is InChI=1S/C15H15ClN2O2/c1-10-14(11(2)19)7-8-18(10)9-15(20)17-13-5-3-12(16)4-6-13/h3-8H,9H2,1-2H3,(H,17,20). The maximum absolute atomic E-state index is 11.9. The van der Waals surface area contributed by atoms with E-state index in [9.17, 15) is 9.59 Å². The van der Waals surface area contributed by atoms with Crippen LogP contribution in [-0.2, 0) is 11.3 Å². The van der Waals surface area contributed by atoms with Crippen LogP contribution in [0.1, 0.15) is 23.0 Å². The molecule has 0 atom stereocenters. The molecule has 1 heterocycles. The molecule has 0 saturated heterocycles. The number of carbonyl (C=O) groups excluding carboxylic acids is 2. The summed E-state index contributed by atoms with van der Waals surface area (Å²) in [6.07, 6.45) is 1.74. The maximum atomic E-state index is 11.9. The molecule has 0 spiro atoms. The van der Waals surface area contributed by atoms with E-state index in [4.69, 9.17) is 11.6 Å². The first-order chi connectivity index (χ1) is 9.47. The predicted molar refractivity (Wildman–Crippen MR) is 79.3 cm³/mol. The Labute approximate surface area is 122 Å².